The summed E-state index contributed by atoms with van der Waals surface area (Å²) in [5.41, 5.74) is 7.63. The summed E-state index contributed by atoms with van der Waals surface area (Å²) in [7, 11) is 0. The first-order valence-corrected chi connectivity index (χ1v) is 14.1. The zero-order valence-corrected chi connectivity index (χ0v) is 21.1. The Balaban J connectivity index is 1.24. The minimum Gasteiger partial charge on any atom is -0.378 e. The van der Waals surface area contributed by atoms with Crippen molar-refractivity contribution in [2.24, 2.45) is 0 Å². The highest BCUT2D eigenvalue weighted by molar-refractivity contribution is 7.17. The van der Waals surface area contributed by atoms with Crippen molar-refractivity contribution >= 4 is 33.6 Å². The van der Waals surface area contributed by atoms with Crippen LogP contribution in [0.1, 0.15) is 36.0 Å². The van der Waals surface area contributed by atoms with Gasteiger partial charge in [-0.25, -0.2) is 9.97 Å². The third-order valence-corrected chi connectivity index (χ3v) is 9.15. The lowest BCUT2D eigenvalue weighted by molar-refractivity contribution is -0.0773. The SMILES string of the molecule is C1=Cc2c(cccc2-c2nc(N3CCCCC3)nc3c(CN4CCN(C5COC5)CC4)csc23)C1. The number of hydrogen-bond donors (Lipinski definition) is 0. The molecule has 0 unspecified atom stereocenters. The van der Waals surface area contributed by atoms with Crippen LogP contribution in [-0.4, -0.2) is 78.3 Å². The number of benzene rings is 1. The molecule has 0 amide bonds. The average Bonchev–Trinajstić information content (AvgIpc) is 3.51. The summed E-state index contributed by atoms with van der Waals surface area (Å²) < 4.78 is 6.64. The molecule has 4 aliphatic rings. The standard InChI is InChI=1S/C28H33N5OS/c1-2-10-33(11-3-1)28-29-25-21(16-31-12-14-32(15-13-31)22-17-34-18-22)19-35-27(25)26(30-28)24-9-5-7-20-6-4-8-23(20)24/h4-5,7-9,19,22H,1-3,6,10-18H2. The molecular formula is C28H33N5OS. The van der Waals surface area contributed by atoms with Crippen LogP contribution in [0.5, 0.6) is 0 Å². The normalized spacial score (nSPS) is 21.5. The van der Waals surface area contributed by atoms with E-state index in [-0.39, 0.29) is 0 Å². The Morgan fingerprint density at radius 2 is 1.83 bits per heavy atom. The Labute approximate surface area is 211 Å². The molecule has 3 fully saturated rings. The number of allylic oxidation sites excluding steroid dienone is 1. The molecule has 0 spiro atoms. The first-order chi connectivity index (χ1) is 17.3. The Hall–Kier alpha value is -2.32. The van der Waals surface area contributed by atoms with Gasteiger partial charge in [-0.1, -0.05) is 30.4 Å². The summed E-state index contributed by atoms with van der Waals surface area (Å²) in [4.78, 5) is 18.1. The molecule has 0 N–H and O–H groups in total. The number of fused-ring (bicyclic) bond motifs is 2. The van der Waals surface area contributed by atoms with Gasteiger partial charge in [-0.2, -0.15) is 0 Å². The molecule has 182 valence electrons. The van der Waals surface area contributed by atoms with Crippen LogP contribution in [-0.2, 0) is 17.7 Å². The molecule has 0 saturated carbocycles. The topological polar surface area (TPSA) is 44.7 Å². The molecule has 3 aliphatic heterocycles. The molecule has 0 atom stereocenters. The Bertz CT molecular complexity index is 1250. The van der Waals surface area contributed by atoms with Gasteiger partial charge in [0.05, 0.1) is 35.2 Å². The predicted octanol–water partition coefficient (Wildman–Crippen LogP) is 4.43. The van der Waals surface area contributed by atoms with Crippen LogP contribution in [0, 0.1) is 0 Å². The maximum Gasteiger partial charge on any atom is 0.226 e. The molecule has 0 bridgehead atoms. The zero-order valence-electron chi connectivity index (χ0n) is 20.3. The van der Waals surface area contributed by atoms with Crippen molar-refractivity contribution in [1.29, 1.82) is 0 Å². The van der Waals surface area contributed by atoms with E-state index in [4.69, 9.17) is 14.7 Å². The number of aromatic nitrogens is 2. The van der Waals surface area contributed by atoms with Gasteiger partial charge >= 0.3 is 0 Å². The third-order valence-electron chi connectivity index (χ3n) is 8.13. The van der Waals surface area contributed by atoms with E-state index in [2.05, 4.69) is 50.4 Å². The molecule has 3 saturated heterocycles. The largest absolute Gasteiger partial charge is 0.378 e. The highest BCUT2D eigenvalue weighted by Crippen LogP contribution is 2.39. The van der Waals surface area contributed by atoms with Crippen LogP contribution < -0.4 is 4.90 Å². The molecule has 1 aliphatic carbocycles. The van der Waals surface area contributed by atoms with E-state index >= 15 is 0 Å². The van der Waals surface area contributed by atoms with Crippen LogP contribution in [0.3, 0.4) is 0 Å². The highest BCUT2D eigenvalue weighted by Gasteiger charge is 2.29. The fourth-order valence-corrected chi connectivity index (χ4v) is 6.95. The lowest BCUT2D eigenvalue weighted by Gasteiger charge is -2.42. The van der Waals surface area contributed by atoms with Crippen molar-refractivity contribution < 1.29 is 4.74 Å². The van der Waals surface area contributed by atoms with Crippen LogP contribution in [0.4, 0.5) is 5.95 Å². The zero-order chi connectivity index (χ0) is 23.2. The first-order valence-electron chi connectivity index (χ1n) is 13.2. The van der Waals surface area contributed by atoms with Crippen molar-refractivity contribution in [1.82, 2.24) is 19.8 Å². The van der Waals surface area contributed by atoms with E-state index in [9.17, 15) is 0 Å². The molecule has 7 heteroatoms. The Kier molecular flexibility index (Phi) is 5.81. The molecule has 3 aromatic rings. The second-order valence-electron chi connectivity index (χ2n) is 10.3. The third kappa shape index (κ3) is 4.08. The van der Waals surface area contributed by atoms with E-state index < -0.39 is 0 Å². The maximum absolute atomic E-state index is 5.41. The quantitative estimate of drug-likeness (QED) is 0.530. The van der Waals surface area contributed by atoms with Crippen molar-refractivity contribution in [3.63, 3.8) is 0 Å². The van der Waals surface area contributed by atoms with Gasteiger partial charge in [0.1, 0.15) is 0 Å². The number of hydrogen-bond acceptors (Lipinski definition) is 7. The van der Waals surface area contributed by atoms with Gasteiger partial charge in [0, 0.05) is 56.9 Å². The number of ether oxygens (including phenoxy) is 1. The summed E-state index contributed by atoms with van der Waals surface area (Å²) in [6.07, 6.45) is 9.34. The van der Waals surface area contributed by atoms with Crippen LogP contribution in [0.15, 0.2) is 29.7 Å². The van der Waals surface area contributed by atoms with Crippen molar-refractivity contribution in [2.45, 2.75) is 38.3 Å². The number of thiophene rings is 1. The summed E-state index contributed by atoms with van der Waals surface area (Å²) in [6.45, 7) is 9.41. The summed E-state index contributed by atoms with van der Waals surface area (Å²) in [6, 6.07) is 7.33. The molecule has 0 radical (unpaired) electrons. The van der Waals surface area contributed by atoms with Gasteiger partial charge in [0.2, 0.25) is 5.95 Å². The second-order valence-corrected chi connectivity index (χ2v) is 11.2. The van der Waals surface area contributed by atoms with Gasteiger partial charge < -0.3 is 9.64 Å². The van der Waals surface area contributed by atoms with Gasteiger partial charge in [0.15, 0.2) is 0 Å². The monoisotopic (exact) mass is 487 g/mol. The Morgan fingerprint density at radius 1 is 0.971 bits per heavy atom. The minimum absolute atomic E-state index is 0.642. The van der Waals surface area contributed by atoms with Crippen molar-refractivity contribution in [3.8, 4) is 11.3 Å². The van der Waals surface area contributed by atoms with E-state index in [1.807, 2.05) is 11.3 Å². The summed E-state index contributed by atoms with van der Waals surface area (Å²) in [5.74, 6) is 0.918. The number of nitrogens with zero attached hydrogens (tertiary/aromatic N) is 5. The van der Waals surface area contributed by atoms with Crippen molar-refractivity contribution in [3.05, 3.63) is 46.3 Å². The molecule has 35 heavy (non-hydrogen) atoms. The molecular weight excluding hydrogens is 454 g/mol. The maximum atomic E-state index is 5.41. The Morgan fingerprint density at radius 3 is 2.63 bits per heavy atom. The number of anilines is 1. The molecule has 5 heterocycles. The van der Waals surface area contributed by atoms with E-state index in [1.165, 1.54) is 46.2 Å². The van der Waals surface area contributed by atoms with Crippen molar-refractivity contribution in [2.75, 3.05) is 57.4 Å². The first kappa shape index (κ1) is 21.9. The molecule has 1 aromatic carbocycles. The second kappa shape index (κ2) is 9.28. The van der Waals surface area contributed by atoms with E-state index in [0.717, 1.165) is 82.6 Å². The fourth-order valence-electron chi connectivity index (χ4n) is 5.94. The lowest BCUT2D eigenvalue weighted by atomic mass is 10.0. The molecule has 7 rings (SSSR count). The summed E-state index contributed by atoms with van der Waals surface area (Å²) in [5, 5.41) is 2.34. The average molecular weight is 488 g/mol. The smallest absolute Gasteiger partial charge is 0.226 e. The molecule has 2 aromatic heterocycles. The van der Waals surface area contributed by atoms with Gasteiger partial charge in [0.25, 0.3) is 0 Å². The van der Waals surface area contributed by atoms with Gasteiger partial charge in [-0.3, -0.25) is 9.80 Å². The highest BCUT2D eigenvalue weighted by atomic mass is 32.1. The van der Waals surface area contributed by atoms with Crippen LogP contribution >= 0.6 is 11.3 Å². The molecule has 6 nitrogen and oxygen atoms in total. The van der Waals surface area contributed by atoms with E-state index in [0.29, 0.717) is 6.04 Å². The van der Waals surface area contributed by atoms with Gasteiger partial charge in [-0.05, 0) is 42.2 Å². The summed E-state index contributed by atoms with van der Waals surface area (Å²) >= 11 is 1.82. The van der Waals surface area contributed by atoms with Crippen LogP contribution in [0.25, 0.3) is 27.6 Å². The predicted molar refractivity (Wildman–Crippen MR) is 143 cm³/mol. The minimum atomic E-state index is 0.642. The van der Waals surface area contributed by atoms with Crippen LogP contribution in [0.2, 0.25) is 0 Å². The number of piperidine rings is 1. The number of piperazine rings is 1. The lowest BCUT2D eigenvalue weighted by Crippen LogP contribution is -2.56. The number of rotatable bonds is 5. The van der Waals surface area contributed by atoms with E-state index in [1.54, 1.807) is 0 Å². The fraction of sp³-hybridized carbons (Fsp3) is 0.500. The van der Waals surface area contributed by atoms with Gasteiger partial charge in [-0.15, -0.1) is 11.3 Å².